The lowest BCUT2D eigenvalue weighted by Gasteiger charge is -2.32. The summed E-state index contributed by atoms with van der Waals surface area (Å²) in [5.74, 6) is 0.346. The number of rotatable bonds is 13. The fraction of sp³-hybridized carbons (Fsp3) is 0.429. The average Bonchev–Trinajstić information content (AvgIpc) is 3.45. The van der Waals surface area contributed by atoms with Crippen LogP contribution in [0.2, 0.25) is 0 Å². The van der Waals surface area contributed by atoms with Gasteiger partial charge in [-0.25, -0.2) is 4.79 Å². The number of benzene rings is 2. The second kappa shape index (κ2) is 12.4. The summed E-state index contributed by atoms with van der Waals surface area (Å²) in [6.07, 6.45) is 7.79. The Balaban J connectivity index is 1.78. The number of esters is 1. The van der Waals surface area contributed by atoms with Crippen LogP contribution in [0, 0.1) is 6.92 Å². The van der Waals surface area contributed by atoms with E-state index in [-0.39, 0.29) is 5.97 Å². The molecule has 0 radical (unpaired) electrons. The largest absolute Gasteiger partial charge is 0.493 e. The summed E-state index contributed by atoms with van der Waals surface area (Å²) in [6, 6.07) is 18.4. The van der Waals surface area contributed by atoms with E-state index in [4.69, 9.17) is 14.5 Å². The van der Waals surface area contributed by atoms with Gasteiger partial charge < -0.3 is 18.9 Å². The first-order valence-electron chi connectivity index (χ1n) is 15.3. The van der Waals surface area contributed by atoms with Gasteiger partial charge in [0, 0.05) is 65.3 Å². The van der Waals surface area contributed by atoms with E-state index in [1.54, 1.807) is 12.3 Å². The highest BCUT2D eigenvalue weighted by atomic mass is 16.6. The van der Waals surface area contributed by atoms with Crippen molar-refractivity contribution < 1.29 is 14.3 Å². The molecule has 1 unspecified atom stereocenters. The standard InChI is InChI=1S/C35H43N3O3/c1-6-10-11-12-15-23-38-25(5)32(27-17-13-14-19-30(27)38)35(33-28(34(39)41-35)18-16-22-36-33)29-21-20-26(37(7-2)8-3)24-31(29)40-9-4/h13-14,16-22,24H,6-12,15,23H2,1-5H3. The van der Waals surface area contributed by atoms with E-state index in [0.29, 0.717) is 23.6 Å². The van der Waals surface area contributed by atoms with Crippen molar-refractivity contribution in [3.8, 4) is 5.75 Å². The Morgan fingerprint density at radius 1 is 0.951 bits per heavy atom. The smallest absolute Gasteiger partial charge is 0.341 e. The maximum Gasteiger partial charge on any atom is 0.341 e. The molecule has 2 aromatic heterocycles. The number of carbonyl (C=O) groups excluding carboxylic acids is 1. The van der Waals surface area contributed by atoms with E-state index in [0.717, 1.165) is 59.5 Å². The van der Waals surface area contributed by atoms with Gasteiger partial charge in [-0.2, -0.15) is 0 Å². The Morgan fingerprint density at radius 3 is 2.49 bits per heavy atom. The lowest BCUT2D eigenvalue weighted by atomic mass is 9.80. The van der Waals surface area contributed by atoms with Crippen LogP contribution in [-0.2, 0) is 16.9 Å². The van der Waals surface area contributed by atoms with Gasteiger partial charge in [0.2, 0.25) is 5.60 Å². The van der Waals surface area contributed by atoms with Crippen LogP contribution >= 0.6 is 0 Å². The van der Waals surface area contributed by atoms with Crippen LogP contribution in [0.1, 0.15) is 92.7 Å². The fourth-order valence-corrected chi connectivity index (χ4v) is 6.48. The first-order valence-corrected chi connectivity index (χ1v) is 15.3. The summed E-state index contributed by atoms with van der Waals surface area (Å²) in [5, 5.41) is 1.07. The third kappa shape index (κ3) is 4.98. The van der Waals surface area contributed by atoms with Crippen LogP contribution < -0.4 is 9.64 Å². The molecule has 0 fully saturated rings. The van der Waals surface area contributed by atoms with Gasteiger partial charge in [-0.3, -0.25) is 4.98 Å². The number of aromatic nitrogens is 2. The van der Waals surface area contributed by atoms with Gasteiger partial charge in [0.25, 0.3) is 0 Å². The van der Waals surface area contributed by atoms with Crippen molar-refractivity contribution in [3.63, 3.8) is 0 Å². The molecule has 3 heterocycles. The summed E-state index contributed by atoms with van der Waals surface area (Å²) in [6.45, 7) is 13.9. The molecule has 1 aliphatic heterocycles. The Labute approximate surface area is 244 Å². The van der Waals surface area contributed by atoms with E-state index in [1.165, 1.54) is 25.7 Å². The molecule has 0 aliphatic carbocycles. The number of para-hydroxylation sites is 1. The highest BCUT2D eigenvalue weighted by Gasteiger charge is 2.54. The highest BCUT2D eigenvalue weighted by molar-refractivity contribution is 5.98. The van der Waals surface area contributed by atoms with Crippen LogP contribution in [0.25, 0.3) is 10.9 Å². The number of hydrogen-bond donors (Lipinski definition) is 0. The van der Waals surface area contributed by atoms with Crippen molar-refractivity contribution >= 4 is 22.6 Å². The van der Waals surface area contributed by atoms with Gasteiger partial charge in [0.1, 0.15) is 11.4 Å². The van der Waals surface area contributed by atoms with Gasteiger partial charge in [-0.1, -0.05) is 50.8 Å². The zero-order chi connectivity index (χ0) is 29.0. The third-order valence-electron chi connectivity index (χ3n) is 8.45. The molecule has 216 valence electrons. The molecule has 0 amide bonds. The van der Waals surface area contributed by atoms with Gasteiger partial charge >= 0.3 is 5.97 Å². The van der Waals surface area contributed by atoms with E-state index >= 15 is 0 Å². The zero-order valence-electron chi connectivity index (χ0n) is 25.2. The molecular formula is C35H43N3O3. The molecule has 0 N–H and O–H groups in total. The number of carbonyl (C=O) groups is 1. The van der Waals surface area contributed by atoms with Crippen LogP contribution in [0.5, 0.6) is 5.75 Å². The number of hydrogen-bond acceptors (Lipinski definition) is 5. The number of ether oxygens (including phenoxy) is 2. The number of fused-ring (bicyclic) bond motifs is 2. The Morgan fingerprint density at radius 2 is 1.73 bits per heavy atom. The third-order valence-corrected chi connectivity index (χ3v) is 8.45. The fourth-order valence-electron chi connectivity index (χ4n) is 6.48. The molecule has 41 heavy (non-hydrogen) atoms. The number of anilines is 1. The van der Waals surface area contributed by atoms with E-state index in [2.05, 4.69) is 79.6 Å². The molecule has 2 aromatic carbocycles. The van der Waals surface area contributed by atoms with Crippen molar-refractivity contribution in [2.75, 3.05) is 24.6 Å². The Hall–Kier alpha value is -3.80. The number of pyridine rings is 1. The monoisotopic (exact) mass is 553 g/mol. The molecule has 0 saturated carbocycles. The van der Waals surface area contributed by atoms with E-state index in [1.807, 2.05) is 13.0 Å². The first kappa shape index (κ1) is 28.7. The predicted octanol–water partition coefficient (Wildman–Crippen LogP) is 8.02. The lowest BCUT2D eigenvalue weighted by molar-refractivity contribution is 0.0238. The maximum atomic E-state index is 13.6. The van der Waals surface area contributed by atoms with Gasteiger partial charge in [-0.05, 0) is 64.4 Å². The molecule has 0 spiro atoms. The van der Waals surface area contributed by atoms with Crippen molar-refractivity contribution in [2.24, 2.45) is 0 Å². The van der Waals surface area contributed by atoms with Crippen molar-refractivity contribution in [2.45, 2.75) is 78.9 Å². The molecule has 5 rings (SSSR count). The summed E-state index contributed by atoms with van der Waals surface area (Å²) in [5.41, 5.74) is 4.95. The molecular weight excluding hydrogens is 510 g/mol. The van der Waals surface area contributed by atoms with Crippen LogP contribution in [0.4, 0.5) is 5.69 Å². The van der Waals surface area contributed by atoms with Crippen molar-refractivity contribution in [1.29, 1.82) is 0 Å². The molecule has 0 bridgehead atoms. The summed E-state index contributed by atoms with van der Waals surface area (Å²) in [7, 11) is 0. The summed E-state index contributed by atoms with van der Waals surface area (Å²) in [4.78, 5) is 20.7. The Bertz CT molecular complexity index is 1520. The second-order valence-corrected chi connectivity index (χ2v) is 10.8. The van der Waals surface area contributed by atoms with Crippen molar-refractivity contribution in [3.05, 3.63) is 88.9 Å². The minimum absolute atomic E-state index is 0.362. The van der Waals surface area contributed by atoms with E-state index < -0.39 is 5.60 Å². The molecule has 6 nitrogen and oxygen atoms in total. The van der Waals surface area contributed by atoms with Crippen LogP contribution in [0.15, 0.2) is 60.8 Å². The topological polar surface area (TPSA) is 56.6 Å². The summed E-state index contributed by atoms with van der Waals surface area (Å²) < 4.78 is 15.3. The second-order valence-electron chi connectivity index (χ2n) is 10.8. The summed E-state index contributed by atoms with van der Waals surface area (Å²) >= 11 is 0. The Kier molecular flexibility index (Phi) is 8.67. The zero-order valence-corrected chi connectivity index (χ0v) is 25.2. The minimum atomic E-state index is -1.24. The van der Waals surface area contributed by atoms with Gasteiger partial charge in [0.15, 0.2) is 0 Å². The number of cyclic esters (lactones) is 1. The van der Waals surface area contributed by atoms with Crippen LogP contribution in [-0.4, -0.2) is 35.2 Å². The predicted molar refractivity (Wildman–Crippen MR) is 166 cm³/mol. The quantitative estimate of drug-likeness (QED) is 0.124. The SMILES string of the molecule is CCCCCCCn1c(C)c(C2(c3ccc(N(CC)CC)cc3OCC)OC(=O)c3cccnc32)c2ccccc21. The molecule has 6 heteroatoms. The first-order chi connectivity index (χ1) is 20.0. The number of unbranched alkanes of at least 4 members (excludes halogenated alkanes) is 4. The van der Waals surface area contributed by atoms with Crippen LogP contribution in [0.3, 0.4) is 0 Å². The number of aryl methyl sites for hydroxylation is 1. The average molecular weight is 554 g/mol. The molecule has 1 atom stereocenters. The maximum absolute atomic E-state index is 13.6. The van der Waals surface area contributed by atoms with Gasteiger partial charge in [0.05, 0.1) is 12.2 Å². The highest BCUT2D eigenvalue weighted by Crippen LogP contribution is 2.53. The molecule has 0 saturated heterocycles. The van der Waals surface area contributed by atoms with Crippen molar-refractivity contribution in [1.82, 2.24) is 9.55 Å². The normalized spacial score (nSPS) is 16.2. The molecule has 4 aromatic rings. The number of nitrogens with zero attached hydrogens (tertiary/aromatic N) is 3. The minimum Gasteiger partial charge on any atom is -0.493 e. The molecule has 1 aliphatic rings. The lowest BCUT2D eigenvalue weighted by Crippen LogP contribution is -2.32. The van der Waals surface area contributed by atoms with E-state index in [9.17, 15) is 4.79 Å². The van der Waals surface area contributed by atoms with Gasteiger partial charge in [-0.15, -0.1) is 0 Å².